The summed E-state index contributed by atoms with van der Waals surface area (Å²) < 4.78 is 7.04. The minimum absolute atomic E-state index is 0.0208. The molecule has 0 radical (unpaired) electrons. The van der Waals surface area contributed by atoms with Crippen LogP contribution in [0.15, 0.2) is 46.8 Å². The van der Waals surface area contributed by atoms with Gasteiger partial charge in [-0.2, -0.15) is 0 Å². The van der Waals surface area contributed by atoms with E-state index in [4.69, 9.17) is 4.74 Å². The highest BCUT2D eigenvalue weighted by molar-refractivity contribution is 8.01. The zero-order valence-electron chi connectivity index (χ0n) is 16.4. The fourth-order valence-corrected chi connectivity index (χ4v) is 4.59. The average molecular weight is 430 g/mol. The third kappa shape index (κ3) is 5.71. The molecule has 2 N–H and O–H groups in total. The van der Waals surface area contributed by atoms with Gasteiger partial charge in [0.1, 0.15) is 5.75 Å². The third-order valence-electron chi connectivity index (χ3n) is 4.16. The van der Waals surface area contributed by atoms with Gasteiger partial charge in [0.05, 0.1) is 28.6 Å². The van der Waals surface area contributed by atoms with Crippen molar-refractivity contribution in [3.05, 3.63) is 48.0 Å². The zero-order chi connectivity index (χ0) is 20.6. The van der Waals surface area contributed by atoms with Crippen LogP contribution >= 0.6 is 23.1 Å². The summed E-state index contributed by atoms with van der Waals surface area (Å²) in [6.07, 6.45) is 2.04. The van der Waals surface area contributed by atoms with Crippen molar-refractivity contribution in [3.63, 3.8) is 0 Å². The lowest BCUT2D eigenvalue weighted by Gasteiger charge is -2.09. The number of para-hydroxylation sites is 1. The summed E-state index contributed by atoms with van der Waals surface area (Å²) in [7, 11) is 1.54. The smallest absolute Gasteiger partial charge is 0.259 e. The van der Waals surface area contributed by atoms with E-state index in [0.29, 0.717) is 29.3 Å². The molecule has 3 rings (SSSR count). The van der Waals surface area contributed by atoms with Gasteiger partial charge in [-0.05, 0) is 36.8 Å². The summed E-state index contributed by atoms with van der Waals surface area (Å²) in [4.78, 5) is 29.0. The van der Waals surface area contributed by atoms with Crippen LogP contribution < -0.4 is 15.4 Å². The lowest BCUT2D eigenvalue weighted by atomic mass is 10.2. The van der Waals surface area contributed by atoms with E-state index in [2.05, 4.69) is 22.5 Å². The van der Waals surface area contributed by atoms with Crippen molar-refractivity contribution < 1.29 is 14.3 Å². The SMILES string of the molecule is CCCCNC(=O)CSc1nc2ccc(NC(=O)c3ccccc3OC)cc2s1. The first-order valence-corrected chi connectivity index (χ1v) is 11.2. The standard InChI is InChI=1S/C21H23N3O3S2/c1-3-4-11-22-19(25)13-28-21-24-16-10-9-14(12-18(16)29-21)23-20(26)15-7-5-6-8-17(15)27-2/h5-10,12H,3-4,11,13H2,1-2H3,(H,22,25)(H,23,26). The molecule has 0 bridgehead atoms. The molecule has 0 aliphatic rings. The molecule has 6 nitrogen and oxygen atoms in total. The number of carbonyl (C=O) groups excluding carboxylic acids is 2. The fourth-order valence-electron chi connectivity index (χ4n) is 2.66. The molecular formula is C21H23N3O3S2. The summed E-state index contributed by atoms with van der Waals surface area (Å²) in [5.41, 5.74) is 2.01. The molecule has 2 amide bonds. The van der Waals surface area contributed by atoms with Crippen LogP contribution in [0.1, 0.15) is 30.1 Å². The summed E-state index contributed by atoms with van der Waals surface area (Å²) >= 11 is 2.93. The predicted octanol–water partition coefficient (Wildman–Crippen LogP) is 4.57. The number of unbranched alkanes of at least 4 members (excludes halogenated alkanes) is 1. The Morgan fingerprint density at radius 1 is 1.21 bits per heavy atom. The first-order chi connectivity index (χ1) is 14.1. The van der Waals surface area contributed by atoms with Crippen LogP contribution in [0.25, 0.3) is 10.2 Å². The van der Waals surface area contributed by atoms with E-state index in [-0.39, 0.29) is 11.8 Å². The molecule has 152 valence electrons. The Labute approximate surface area is 178 Å². The van der Waals surface area contributed by atoms with Crippen molar-refractivity contribution in [2.45, 2.75) is 24.1 Å². The zero-order valence-corrected chi connectivity index (χ0v) is 18.0. The first-order valence-electron chi connectivity index (χ1n) is 9.35. The normalized spacial score (nSPS) is 10.7. The maximum Gasteiger partial charge on any atom is 0.259 e. The van der Waals surface area contributed by atoms with Gasteiger partial charge in [0.15, 0.2) is 4.34 Å². The van der Waals surface area contributed by atoms with Crippen molar-refractivity contribution in [3.8, 4) is 5.75 Å². The highest BCUT2D eigenvalue weighted by Gasteiger charge is 2.13. The number of amides is 2. The molecule has 0 aliphatic carbocycles. The minimum atomic E-state index is -0.232. The number of nitrogens with one attached hydrogen (secondary N) is 2. The minimum Gasteiger partial charge on any atom is -0.496 e. The number of rotatable bonds is 9. The van der Waals surface area contributed by atoms with Crippen LogP contribution in [0.2, 0.25) is 0 Å². The number of methoxy groups -OCH3 is 1. The molecule has 0 unspecified atom stereocenters. The maximum atomic E-state index is 12.6. The second-order valence-electron chi connectivity index (χ2n) is 6.31. The van der Waals surface area contributed by atoms with Gasteiger partial charge in [-0.25, -0.2) is 4.98 Å². The Balaban J connectivity index is 1.64. The molecule has 2 aromatic carbocycles. The fraction of sp³-hybridized carbons (Fsp3) is 0.286. The van der Waals surface area contributed by atoms with Crippen molar-refractivity contribution in [1.82, 2.24) is 10.3 Å². The highest BCUT2D eigenvalue weighted by Crippen LogP contribution is 2.31. The molecule has 1 aromatic heterocycles. The molecule has 0 atom stereocenters. The monoisotopic (exact) mass is 429 g/mol. The van der Waals surface area contributed by atoms with Gasteiger partial charge in [-0.15, -0.1) is 11.3 Å². The largest absolute Gasteiger partial charge is 0.496 e. The maximum absolute atomic E-state index is 12.6. The van der Waals surface area contributed by atoms with Crippen LogP contribution in [-0.4, -0.2) is 36.2 Å². The molecule has 0 spiro atoms. The molecule has 29 heavy (non-hydrogen) atoms. The number of ether oxygens (including phenoxy) is 1. The van der Waals surface area contributed by atoms with Crippen molar-refractivity contribution in [1.29, 1.82) is 0 Å². The number of fused-ring (bicyclic) bond motifs is 1. The van der Waals surface area contributed by atoms with Gasteiger partial charge in [0.25, 0.3) is 5.91 Å². The number of carbonyl (C=O) groups is 2. The third-order valence-corrected chi connectivity index (χ3v) is 6.32. The molecule has 1 heterocycles. The van der Waals surface area contributed by atoms with Gasteiger partial charge >= 0.3 is 0 Å². The Morgan fingerprint density at radius 3 is 2.83 bits per heavy atom. The summed E-state index contributed by atoms with van der Waals surface area (Å²) in [5, 5.41) is 5.80. The quantitative estimate of drug-likeness (QED) is 0.385. The van der Waals surface area contributed by atoms with Crippen molar-refractivity contribution >= 4 is 50.8 Å². The van der Waals surface area contributed by atoms with E-state index in [0.717, 1.165) is 27.4 Å². The van der Waals surface area contributed by atoms with Gasteiger partial charge < -0.3 is 15.4 Å². The number of anilines is 1. The highest BCUT2D eigenvalue weighted by atomic mass is 32.2. The van der Waals surface area contributed by atoms with Gasteiger partial charge in [-0.1, -0.05) is 37.2 Å². The number of hydrogen-bond donors (Lipinski definition) is 2. The van der Waals surface area contributed by atoms with Crippen LogP contribution in [0, 0.1) is 0 Å². The van der Waals surface area contributed by atoms with Crippen LogP contribution in [0.3, 0.4) is 0 Å². The average Bonchev–Trinajstić information content (AvgIpc) is 3.14. The lowest BCUT2D eigenvalue weighted by Crippen LogP contribution is -2.25. The van der Waals surface area contributed by atoms with Crippen LogP contribution in [0.4, 0.5) is 5.69 Å². The van der Waals surface area contributed by atoms with E-state index in [9.17, 15) is 9.59 Å². The Kier molecular flexibility index (Phi) is 7.48. The topological polar surface area (TPSA) is 80.3 Å². The number of nitrogens with zero attached hydrogens (tertiary/aromatic N) is 1. The van der Waals surface area contributed by atoms with Crippen molar-refractivity contribution in [2.75, 3.05) is 24.7 Å². The molecule has 0 fully saturated rings. The number of hydrogen-bond acceptors (Lipinski definition) is 6. The molecule has 8 heteroatoms. The molecular weight excluding hydrogens is 406 g/mol. The summed E-state index contributed by atoms with van der Waals surface area (Å²) in [6.45, 7) is 2.81. The predicted molar refractivity (Wildman–Crippen MR) is 119 cm³/mol. The van der Waals surface area contributed by atoms with E-state index >= 15 is 0 Å². The molecule has 0 saturated heterocycles. The van der Waals surface area contributed by atoms with E-state index in [1.54, 1.807) is 25.3 Å². The van der Waals surface area contributed by atoms with E-state index in [1.165, 1.54) is 23.1 Å². The molecule has 3 aromatic rings. The summed E-state index contributed by atoms with van der Waals surface area (Å²) in [5.74, 6) is 0.665. The number of aromatic nitrogens is 1. The first kappa shape index (κ1) is 21.1. The Bertz CT molecular complexity index is 1000. The van der Waals surface area contributed by atoms with Gasteiger partial charge in [0, 0.05) is 12.2 Å². The second kappa shape index (κ2) is 10.3. The van der Waals surface area contributed by atoms with Gasteiger partial charge in [0.2, 0.25) is 5.91 Å². The Hall–Kier alpha value is -2.58. The number of thioether (sulfide) groups is 1. The number of thiazole rings is 1. The van der Waals surface area contributed by atoms with Crippen molar-refractivity contribution in [2.24, 2.45) is 0 Å². The van der Waals surface area contributed by atoms with E-state index in [1.807, 2.05) is 24.3 Å². The van der Waals surface area contributed by atoms with Crippen LogP contribution in [-0.2, 0) is 4.79 Å². The van der Waals surface area contributed by atoms with Gasteiger partial charge in [-0.3, -0.25) is 9.59 Å². The molecule has 0 aliphatic heterocycles. The second-order valence-corrected chi connectivity index (χ2v) is 8.56. The lowest BCUT2D eigenvalue weighted by molar-refractivity contribution is -0.118. The Morgan fingerprint density at radius 2 is 2.03 bits per heavy atom. The molecule has 0 saturated carbocycles. The van der Waals surface area contributed by atoms with E-state index < -0.39 is 0 Å². The summed E-state index contributed by atoms with van der Waals surface area (Å²) in [6, 6.07) is 12.7. The number of benzene rings is 2. The van der Waals surface area contributed by atoms with Crippen LogP contribution in [0.5, 0.6) is 5.75 Å².